The molecule has 8 nitrogen and oxygen atoms in total. The van der Waals surface area contributed by atoms with Gasteiger partial charge in [-0.1, -0.05) is 0 Å². The molecule has 0 unspecified atom stereocenters. The van der Waals surface area contributed by atoms with Crippen LogP contribution in [0.15, 0.2) is 27.8 Å². The number of imide groups is 1. The summed E-state index contributed by atoms with van der Waals surface area (Å²) in [6.07, 6.45) is 2.36. The van der Waals surface area contributed by atoms with Crippen LogP contribution in [0.1, 0.15) is 12.7 Å². The summed E-state index contributed by atoms with van der Waals surface area (Å²) in [5, 5.41) is 8.70. The second-order valence-electron chi connectivity index (χ2n) is 4.72. The highest BCUT2D eigenvalue weighted by Crippen LogP contribution is 2.00. The number of hydrogen-bond donors (Lipinski definition) is 3. The first-order valence-corrected chi connectivity index (χ1v) is 7.33. The van der Waals surface area contributed by atoms with Crippen molar-refractivity contribution in [2.45, 2.75) is 13.3 Å². The lowest BCUT2D eigenvalue weighted by Crippen LogP contribution is -2.43. The molecule has 1 aliphatic heterocycles. The normalized spacial score (nSPS) is 14.5. The van der Waals surface area contributed by atoms with Gasteiger partial charge in [-0.25, -0.2) is 4.79 Å². The molecule has 0 saturated carbocycles. The van der Waals surface area contributed by atoms with Crippen LogP contribution in [0.3, 0.4) is 0 Å². The van der Waals surface area contributed by atoms with Crippen molar-refractivity contribution in [1.82, 2.24) is 20.9 Å². The molecule has 0 spiro atoms. The number of carbonyl (C=O) groups excluding carboxylic acids is 2. The SMILES string of the molecule is CCNC(=NCCc1ccco1)NCCN1C(=O)CNC1=O.I. The molecule has 3 N–H and O–H groups in total. The zero-order valence-electron chi connectivity index (χ0n) is 13.0. The second-order valence-corrected chi connectivity index (χ2v) is 4.72. The van der Waals surface area contributed by atoms with E-state index in [4.69, 9.17) is 4.42 Å². The molecular formula is C14H22IN5O3. The highest BCUT2D eigenvalue weighted by molar-refractivity contribution is 14.0. The van der Waals surface area contributed by atoms with E-state index in [0.717, 1.165) is 18.7 Å². The van der Waals surface area contributed by atoms with Crippen molar-refractivity contribution in [2.75, 3.05) is 32.7 Å². The summed E-state index contributed by atoms with van der Waals surface area (Å²) >= 11 is 0. The van der Waals surface area contributed by atoms with Crippen molar-refractivity contribution >= 4 is 41.9 Å². The van der Waals surface area contributed by atoms with Gasteiger partial charge < -0.3 is 20.4 Å². The molecule has 0 bridgehead atoms. The largest absolute Gasteiger partial charge is 0.469 e. The second kappa shape index (κ2) is 10.1. The van der Waals surface area contributed by atoms with Crippen molar-refractivity contribution in [1.29, 1.82) is 0 Å². The van der Waals surface area contributed by atoms with E-state index in [2.05, 4.69) is 20.9 Å². The molecule has 1 aromatic heterocycles. The van der Waals surface area contributed by atoms with Crippen molar-refractivity contribution in [2.24, 2.45) is 4.99 Å². The summed E-state index contributed by atoms with van der Waals surface area (Å²) in [7, 11) is 0. The first kappa shape index (κ1) is 19.3. The van der Waals surface area contributed by atoms with Gasteiger partial charge in [0.25, 0.3) is 0 Å². The predicted octanol–water partition coefficient (Wildman–Crippen LogP) is 0.547. The number of rotatable bonds is 7. The smallest absolute Gasteiger partial charge is 0.324 e. The zero-order valence-corrected chi connectivity index (χ0v) is 15.3. The molecule has 1 fully saturated rings. The van der Waals surface area contributed by atoms with E-state index in [-0.39, 0.29) is 42.5 Å². The van der Waals surface area contributed by atoms with Gasteiger partial charge in [-0.2, -0.15) is 0 Å². The number of hydrogen-bond acceptors (Lipinski definition) is 4. The Labute approximate surface area is 152 Å². The molecule has 0 atom stereocenters. The molecule has 0 aliphatic carbocycles. The highest BCUT2D eigenvalue weighted by Gasteiger charge is 2.27. The van der Waals surface area contributed by atoms with Crippen LogP contribution in [0.5, 0.6) is 0 Å². The molecule has 1 aromatic rings. The fourth-order valence-electron chi connectivity index (χ4n) is 2.04. The molecule has 9 heteroatoms. The monoisotopic (exact) mass is 435 g/mol. The first-order valence-electron chi connectivity index (χ1n) is 7.33. The summed E-state index contributed by atoms with van der Waals surface area (Å²) in [5.74, 6) is 1.34. The van der Waals surface area contributed by atoms with E-state index < -0.39 is 0 Å². The molecular weight excluding hydrogens is 413 g/mol. The Bertz CT molecular complexity index is 517. The third-order valence-electron chi connectivity index (χ3n) is 3.12. The van der Waals surface area contributed by atoms with Crippen molar-refractivity contribution < 1.29 is 14.0 Å². The van der Waals surface area contributed by atoms with E-state index in [0.29, 0.717) is 25.6 Å². The van der Waals surface area contributed by atoms with Gasteiger partial charge in [-0.05, 0) is 19.1 Å². The third kappa shape index (κ3) is 6.08. The van der Waals surface area contributed by atoms with Crippen LogP contribution in [0.25, 0.3) is 0 Å². The Hall–Kier alpha value is -1.78. The van der Waals surface area contributed by atoms with E-state index >= 15 is 0 Å². The van der Waals surface area contributed by atoms with Crippen LogP contribution < -0.4 is 16.0 Å². The fourth-order valence-corrected chi connectivity index (χ4v) is 2.04. The van der Waals surface area contributed by atoms with E-state index in [1.54, 1.807) is 6.26 Å². The summed E-state index contributed by atoms with van der Waals surface area (Å²) in [6.45, 7) is 4.14. The Morgan fingerprint density at radius 2 is 2.26 bits per heavy atom. The number of aliphatic imine (C=N–C) groups is 1. The number of guanidine groups is 1. The van der Waals surface area contributed by atoms with E-state index in [9.17, 15) is 9.59 Å². The Morgan fingerprint density at radius 1 is 1.43 bits per heavy atom. The van der Waals surface area contributed by atoms with Crippen LogP contribution in [0.2, 0.25) is 0 Å². The van der Waals surface area contributed by atoms with Crippen LogP contribution in [-0.2, 0) is 11.2 Å². The fraction of sp³-hybridized carbons (Fsp3) is 0.500. The van der Waals surface area contributed by atoms with Crippen LogP contribution in [0, 0.1) is 0 Å². The molecule has 2 heterocycles. The number of nitrogens with zero attached hydrogens (tertiary/aromatic N) is 2. The van der Waals surface area contributed by atoms with E-state index in [1.165, 1.54) is 4.90 Å². The van der Waals surface area contributed by atoms with Crippen molar-refractivity contribution in [3.05, 3.63) is 24.2 Å². The third-order valence-corrected chi connectivity index (χ3v) is 3.12. The first-order chi connectivity index (χ1) is 10.7. The Kier molecular flexibility index (Phi) is 8.45. The minimum atomic E-state index is -0.341. The lowest BCUT2D eigenvalue weighted by Gasteiger charge is -2.15. The van der Waals surface area contributed by atoms with Gasteiger partial charge in [-0.15, -0.1) is 24.0 Å². The lowest BCUT2D eigenvalue weighted by atomic mass is 10.3. The van der Waals surface area contributed by atoms with Gasteiger partial charge in [0.15, 0.2) is 5.96 Å². The van der Waals surface area contributed by atoms with Gasteiger partial charge in [0.2, 0.25) is 5.91 Å². The van der Waals surface area contributed by atoms with Crippen molar-refractivity contribution in [3.8, 4) is 0 Å². The maximum atomic E-state index is 11.4. The maximum absolute atomic E-state index is 11.4. The number of urea groups is 1. The summed E-state index contributed by atoms with van der Waals surface area (Å²) < 4.78 is 5.25. The molecule has 1 aliphatic rings. The van der Waals surface area contributed by atoms with Gasteiger partial charge in [0.1, 0.15) is 5.76 Å². The minimum absolute atomic E-state index is 0. The molecule has 0 aromatic carbocycles. The van der Waals surface area contributed by atoms with Crippen LogP contribution >= 0.6 is 24.0 Å². The Morgan fingerprint density at radius 3 is 2.87 bits per heavy atom. The number of nitrogens with one attached hydrogen (secondary N) is 3. The van der Waals surface area contributed by atoms with Gasteiger partial charge in [0.05, 0.1) is 12.8 Å². The van der Waals surface area contributed by atoms with Crippen LogP contribution in [-0.4, -0.2) is 55.5 Å². The van der Waals surface area contributed by atoms with Gasteiger partial charge >= 0.3 is 6.03 Å². The number of halogens is 1. The number of furan rings is 1. The summed E-state index contributed by atoms with van der Waals surface area (Å²) in [5.41, 5.74) is 0. The molecule has 3 amide bonds. The predicted molar refractivity (Wildman–Crippen MR) is 96.9 cm³/mol. The Balaban J connectivity index is 0.00000264. The topological polar surface area (TPSA) is 99.0 Å². The maximum Gasteiger partial charge on any atom is 0.324 e. The summed E-state index contributed by atoms with van der Waals surface area (Å²) in [6, 6.07) is 3.42. The zero-order chi connectivity index (χ0) is 15.8. The van der Waals surface area contributed by atoms with Gasteiger partial charge in [-0.3, -0.25) is 14.7 Å². The number of amides is 3. The average Bonchev–Trinajstić information content (AvgIpc) is 3.12. The van der Waals surface area contributed by atoms with Crippen LogP contribution in [0.4, 0.5) is 4.79 Å². The molecule has 23 heavy (non-hydrogen) atoms. The van der Waals surface area contributed by atoms with Gasteiger partial charge in [0, 0.05) is 32.6 Å². The van der Waals surface area contributed by atoms with E-state index in [1.807, 2.05) is 19.1 Å². The molecule has 0 radical (unpaired) electrons. The molecule has 2 rings (SSSR count). The number of carbonyl (C=O) groups is 2. The average molecular weight is 435 g/mol. The molecule has 128 valence electrons. The van der Waals surface area contributed by atoms with Crippen molar-refractivity contribution in [3.63, 3.8) is 0 Å². The standard InChI is InChI=1S/C14H21N5O3.HI/c1-2-15-13(16-6-5-11-4-3-9-22-11)17-7-8-19-12(20)10-18-14(19)21;/h3-4,9H,2,5-8,10H2,1H3,(H,18,21)(H2,15,16,17);1H. The lowest BCUT2D eigenvalue weighted by molar-refractivity contribution is -0.124. The highest BCUT2D eigenvalue weighted by atomic mass is 127. The quantitative estimate of drug-likeness (QED) is 0.252. The molecule has 1 saturated heterocycles. The minimum Gasteiger partial charge on any atom is -0.469 e. The summed E-state index contributed by atoms with van der Waals surface area (Å²) in [4.78, 5) is 28.5.